The molecule has 5 aromatic rings. The van der Waals surface area contributed by atoms with Gasteiger partial charge < -0.3 is 22.5 Å². The number of nitrogens with one attached hydrogen (secondary N) is 1. The third-order valence-corrected chi connectivity index (χ3v) is 9.70. The molecule has 1 aromatic heterocycles. The fraction of sp³-hybridized carbons (Fsp3) is 0.438. The molecule has 0 atom stereocenters. The summed E-state index contributed by atoms with van der Waals surface area (Å²) in [6.45, 7) is 30.1. The van der Waals surface area contributed by atoms with Crippen LogP contribution in [0.3, 0.4) is 0 Å². The largest absolute Gasteiger partial charge is 0.383 e. The topological polar surface area (TPSA) is 103 Å². The molecular formula is C48H69N5. The summed E-state index contributed by atoms with van der Waals surface area (Å²) in [4.78, 5) is 4.08. The first-order valence-corrected chi connectivity index (χ1v) is 19.2. The molecule has 0 saturated heterocycles. The summed E-state index contributed by atoms with van der Waals surface area (Å²) in [5.74, 6) is 0.605. The molecule has 0 radical (unpaired) electrons. The van der Waals surface area contributed by atoms with E-state index >= 15 is 0 Å². The summed E-state index contributed by atoms with van der Waals surface area (Å²) in [6.07, 6.45) is 2.93. The second-order valence-electron chi connectivity index (χ2n) is 18.3. The van der Waals surface area contributed by atoms with Crippen LogP contribution in [0.5, 0.6) is 0 Å². The highest BCUT2D eigenvalue weighted by atomic mass is 14.9. The second-order valence-corrected chi connectivity index (χ2v) is 18.3. The first kappa shape index (κ1) is 43.4. The molecule has 0 saturated carbocycles. The predicted octanol–water partition coefficient (Wildman–Crippen LogP) is 10.6. The van der Waals surface area contributed by atoms with E-state index in [-0.39, 0.29) is 21.7 Å². The number of anilines is 1. The fourth-order valence-corrected chi connectivity index (χ4v) is 5.92. The number of aromatic nitrogens is 1. The van der Waals surface area contributed by atoms with Crippen molar-refractivity contribution in [2.75, 3.05) is 12.3 Å². The molecule has 6 rings (SSSR count). The molecule has 2 heterocycles. The molecule has 1 aliphatic heterocycles. The van der Waals surface area contributed by atoms with E-state index in [1.807, 2.05) is 6.07 Å². The molecule has 0 aliphatic carbocycles. The molecule has 0 fully saturated rings. The van der Waals surface area contributed by atoms with Crippen LogP contribution in [0.4, 0.5) is 5.82 Å². The molecule has 286 valence electrons. The molecule has 5 heteroatoms. The van der Waals surface area contributed by atoms with Gasteiger partial charge in [0.1, 0.15) is 5.82 Å². The van der Waals surface area contributed by atoms with Crippen LogP contribution < -0.4 is 22.5 Å². The van der Waals surface area contributed by atoms with Gasteiger partial charge in [-0.25, -0.2) is 4.98 Å². The number of rotatable bonds is 2. The van der Waals surface area contributed by atoms with Gasteiger partial charge in [0.2, 0.25) is 0 Å². The number of fused-ring (bicyclic) bond motifs is 2. The molecule has 5 nitrogen and oxygen atoms in total. The Hall–Kier alpha value is -4.03. The first-order valence-electron chi connectivity index (χ1n) is 19.2. The van der Waals surface area contributed by atoms with Crippen molar-refractivity contribution in [2.24, 2.45) is 11.5 Å². The third-order valence-electron chi connectivity index (χ3n) is 9.70. The van der Waals surface area contributed by atoms with Crippen LogP contribution in [0.25, 0.3) is 10.8 Å². The van der Waals surface area contributed by atoms with Crippen molar-refractivity contribution in [1.82, 2.24) is 10.3 Å². The van der Waals surface area contributed by atoms with Crippen molar-refractivity contribution in [3.8, 4) is 0 Å². The van der Waals surface area contributed by atoms with Crippen LogP contribution in [0.2, 0.25) is 0 Å². The van der Waals surface area contributed by atoms with E-state index in [9.17, 15) is 0 Å². The lowest BCUT2D eigenvalue weighted by Gasteiger charge is -2.23. The Bertz CT molecular complexity index is 1880. The van der Waals surface area contributed by atoms with Gasteiger partial charge in [0, 0.05) is 31.2 Å². The zero-order chi connectivity index (χ0) is 39.6. The van der Waals surface area contributed by atoms with Gasteiger partial charge in [0.15, 0.2) is 0 Å². The average Bonchev–Trinajstić information content (AvgIpc) is 3.11. The van der Waals surface area contributed by atoms with Gasteiger partial charge in [-0.15, -0.1) is 0 Å². The zero-order valence-corrected chi connectivity index (χ0v) is 35.0. The fourth-order valence-electron chi connectivity index (χ4n) is 5.92. The molecule has 0 spiro atoms. The Balaban J connectivity index is 0.000000191. The summed E-state index contributed by atoms with van der Waals surface area (Å²) in [5.41, 5.74) is 28.7. The molecule has 53 heavy (non-hydrogen) atoms. The number of pyridine rings is 1. The van der Waals surface area contributed by atoms with Gasteiger partial charge in [-0.05, 0) is 90.6 Å². The summed E-state index contributed by atoms with van der Waals surface area (Å²) in [6, 6.07) is 32.3. The second kappa shape index (κ2) is 18.3. The van der Waals surface area contributed by atoms with E-state index in [4.69, 9.17) is 17.2 Å². The molecule has 4 aromatic carbocycles. The van der Waals surface area contributed by atoms with Gasteiger partial charge in [-0.1, -0.05) is 168 Å². The SMILES string of the molecule is CC(C)(C)c1ccc(CN)cc1.CC(C)(C)c1ccc2c(N)nccc2c1.CC(C)(C)c1ccc2c(c1)CNCC2.CC(C)(C)c1cccc(CN)c1. The molecule has 1 aliphatic rings. The van der Waals surface area contributed by atoms with Gasteiger partial charge in [-0.3, -0.25) is 0 Å². The standard InChI is InChI=1S/C13H16N2.C13H19N.2C11H17N/c1-13(2,3)10-4-5-11-9(8-10)6-7-15-12(11)14;1-13(2,3)12-5-4-10-6-7-14-9-11(10)8-12;1-11(2,3)10-6-4-9(8-12)5-7-10;1-11(2,3)10-6-4-5-9(7-10)8-12/h4-8H,1-3H3,(H2,14,15);4-5,8,14H,6-7,9H2,1-3H3;2*4-7H,8,12H2,1-3H3. The van der Waals surface area contributed by atoms with Crippen LogP contribution in [-0.2, 0) is 47.7 Å². The predicted molar refractivity (Wildman–Crippen MR) is 231 cm³/mol. The van der Waals surface area contributed by atoms with E-state index in [2.05, 4.69) is 178 Å². The Kier molecular flexibility index (Phi) is 15.0. The lowest BCUT2D eigenvalue weighted by molar-refractivity contribution is 0.583. The van der Waals surface area contributed by atoms with E-state index in [1.165, 1.54) is 50.9 Å². The number of benzene rings is 4. The quantitative estimate of drug-likeness (QED) is 0.146. The van der Waals surface area contributed by atoms with Crippen molar-refractivity contribution in [1.29, 1.82) is 0 Å². The minimum Gasteiger partial charge on any atom is -0.383 e. The summed E-state index contributed by atoms with van der Waals surface area (Å²) < 4.78 is 0. The minimum absolute atomic E-state index is 0.173. The normalized spacial score (nSPS) is 13.0. The number of nitrogens with two attached hydrogens (primary N) is 3. The van der Waals surface area contributed by atoms with Crippen molar-refractivity contribution in [2.45, 2.75) is 131 Å². The summed E-state index contributed by atoms with van der Waals surface area (Å²) >= 11 is 0. The lowest BCUT2D eigenvalue weighted by Crippen LogP contribution is -2.24. The van der Waals surface area contributed by atoms with Crippen LogP contribution in [0, 0.1) is 0 Å². The van der Waals surface area contributed by atoms with E-state index in [1.54, 1.807) is 6.20 Å². The van der Waals surface area contributed by atoms with Crippen LogP contribution in [0.15, 0.2) is 97.2 Å². The maximum Gasteiger partial charge on any atom is 0.131 e. The van der Waals surface area contributed by atoms with Crippen molar-refractivity contribution >= 4 is 16.6 Å². The highest BCUT2D eigenvalue weighted by Gasteiger charge is 2.17. The maximum absolute atomic E-state index is 5.80. The summed E-state index contributed by atoms with van der Waals surface area (Å²) in [5, 5.41) is 5.61. The molecular weight excluding hydrogens is 647 g/mol. The number of hydrogen-bond acceptors (Lipinski definition) is 5. The highest BCUT2D eigenvalue weighted by Crippen LogP contribution is 2.28. The molecule has 0 unspecified atom stereocenters. The van der Waals surface area contributed by atoms with Gasteiger partial charge in [0.05, 0.1) is 0 Å². The lowest BCUT2D eigenvalue weighted by atomic mass is 9.84. The molecule has 7 N–H and O–H groups in total. The Morgan fingerprint density at radius 1 is 0.547 bits per heavy atom. The maximum atomic E-state index is 5.80. The van der Waals surface area contributed by atoms with Crippen LogP contribution in [0.1, 0.15) is 128 Å². The number of nitrogens with zero attached hydrogens (tertiary/aromatic N) is 1. The van der Waals surface area contributed by atoms with E-state index in [0.29, 0.717) is 18.9 Å². The number of nitrogen functional groups attached to an aromatic ring is 1. The highest BCUT2D eigenvalue weighted by molar-refractivity contribution is 5.91. The monoisotopic (exact) mass is 716 g/mol. The third kappa shape index (κ3) is 13.4. The summed E-state index contributed by atoms with van der Waals surface area (Å²) in [7, 11) is 0. The zero-order valence-electron chi connectivity index (χ0n) is 35.0. The van der Waals surface area contributed by atoms with Crippen molar-refractivity contribution < 1.29 is 0 Å². The van der Waals surface area contributed by atoms with Gasteiger partial charge >= 0.3 is 0 Å². The van der Waals surface area contributed by atoms with Gasteiger partial charge in [-0.2, -0.15) is 0 Å². The first-order chi connectivity index (χ1) is 24.6. The van der Waals surface area contributed by atoms with Crippen LogP contribution in [-0.4, -0.2) is 11.5 Å². The Morgan fingerprint density at radius 2 is 1.08 bits per heavy atom. The van der Waals surface area contributed by atoms with Gasteiger partial charge in [0.25, 0.3) is 0 Å². The molecule has 0 amide bonds. The van der Waals surface area contributed by atoms with E-state index < -0.39 is 0 Å². The smallest absolute Gasteiger partial charge is 0.131 e. The Labute approximate surface area is 322 Å². The Morgan fingerprint density at radius 3 is 1.64 bits per heavy atom. The van der Waals surface area contributed by atoms with Crippen LogP contribution >= 0.6 is 0 Å². The van der Waals surface area contributed by atoms with Crippen molar-refractivity contribution in [3.05, 3.63) is 142 Å². The minimum atomic E-state index is 0.173. The van der Waals surface area contributed by atoms with E-state index in [0.717, 1.165) is 23.9 Å². The molecule has 0 bridgehead atoms. The average molecular weight is 716 g/mol. The van der Waals surface area contributed by atoms with Crippen molar-refractivity contribution in [3.63, 3.8) is 0 Å². The number of hydrogen-bond donors (Lipinski definition) is 4.